The fourth-order valence-corrected chi connectivity index (χ4v) is 2.85. The lowest BCUT2D eigenvalue weighted by Gasteiger charge is -2.38. The first-order chi connectivity index (χ1) is 9.95. The third-order valence-corrected chi connectivity index (χ3v) is 3.94. The molecule has 1 atom stereocenters. The molecule has 1 saturated heterocycles. The molecule has 21 heavy (non-hydrogen) atoms. The van der Waals surface area contributed by atoms with Crippen molar-refractivity contribution in [2.24, 2.45) is 5.92 Å². The molecule has 0 radical (unpaired) electrons. The van der Waals surface area contributed by atoms with Gasteiger partial charge in [-0.25, -0.2) is 4.79 Å². The van der Waals surface area contributed by atoms with Gasteiger partial charge in [0.05, 0.1) is 0 Å². The van der Waals surface area contributed by atoms with Gasteiger partial charge in [-0.15, -0.1) is 0 Å². The van der Waals surface area contributed by atoms with Crippen LogP contribution in [0.5, 0.6) is 0 Å². The lowest BCUT2D eigenvalue weighted by atomic mass is 9.98. The van der Waals surface area contributed by atoms with Crippen LogP contribution in [0.15, 0.2) is 0 Å². The Kier molecular flexibility index (Phi) is 7.50. The third-order valence-electron chi connectivity index (χ3n) is 3.94. The van der Waals surface area contributed by atoms with E-state index in [0.29, 0.717) is 18.9 Å². The van der Waals surface area contributed by atoms with E-state index in [4.69, 9.17) is 5.11 Å². The van der Waals surface area contributed by atoms with Crippen molar-refractivity contribution in [1.29, 1.82) is 0 Å². The first-order valence-corrected chi connectivity index (χ1v) is 7.87. The molecule has 2 N–H and O–H groups in total. The van der Waals surface area contributed by atoms with Crippen LogP contribution < -0.4 is 5.32 Å². The number of carbonyl (C=O) groups is 2. The van der Waals surface area contributed by atoms with E-state index in [2.05, 4.69) is 5.32 Å². The van der Waals surface area contributed by atoms with Gasteiger partial charge in [-0.05, 0) is 52.6 Å². The summed E-state index contributed by atoms with van der Waals surface area (Å²) in [5, 5.41) is 11.9. The van der Waals surface area contributed by atoms with Crippen LogP contribution >= 0.6 is 0 Å². The predicted molar refractivity (Wildman–Crippen MR) is 82.3 cm³/mol. The van der Waals surface area contributed by atoms with Gasteiger partial charge in [-0.2, -0.15) is 0 Å². The minimum atomic E-state index is -0.807. The number of piperidine rings is 1. The second-order valence-corrected chi connectivity index (χ2v) is 6.08. The summed E-state index contributed by atoms with van der Waals surface area (Å²) in [6.07, 6.45) is 2.82. The van der Waals surface area contributed by atoms with Gasteiger partial charge in [-0.3, -0.25) is 4.79 Å². The second kappa shape index (κ2) is 8.87. The Morgan fingerprint density at radius 3 is 2.71 bits per heavy atom. The maximum atomic E-state index is 12.6. The Hall–Kier alpha value is -1.30. The van der Waals surface area contributed by atoms with Crippen LogP contribution in [0.2, 0.25) is 0 Å². The number of hydrogen-bond donors (Lipinski definition) is 2. The molecular formula is C15H29N3O3. The highest BCUT2D eigenvalue weighted by atomic mass is 16.4. The number of likely N-dealkylation sites (tertiary alicyclic amines) is 1. The standard InChI is InChI=1S/C15H29N3O3/c1-12(2)18(9-5-7-14(19)20)15(21)17-8-4-6-13(11-17)10-16-3/h12-13,16H,4-11H2,1-3H3,(H,19,20). The van der Waals surface area contributed by atoms with Crippen LogP contribution in [0.3, 0.4) is 0 Å². The zero-order valence-corrected chi connectivity index (χ0v) is 13.5. The molecule has 1 unspecified atom stereocenters. The molecule has 0 aromatic heterocycles. The number of rotatable bonds is 7. The van der Waals surface area contributed by atoms with E-state index in [0.717, 1.165) is 32.5 Å². The number of carboxylic acids is 1. The Bertz CT molecular complexity index is 345. The van der Waals surface area contributed by atoms with E-state index in [1.54, 1.807) is 4.90 Å². The topological polar surface area (TPSA) is 72.9 Å². The van der Waals surface area contributed by atoms with Gasteiger partial charge in [0.2, 0.25) is 0 Å². The lowest BCUT2D eigenvalue weighted by Crippen LogP contribution is -2.51. The molecule has 1 aliphatic heterocycles. The predicted octanol–water partition coefficient (Wildman–Crippen LogP) is 1.61. The van der Waals surface area contributed by atoms with Crippen molar-refractivity contribution in [3.05, 3.63) is 0 Å². The summed E-state index contributed by atoms with van der Waals surface area (Å²) >= 11 is 0. The summed E-state index contributed by atoms with van der Waals surface area (Å²) in [4.78, 5) is 27.0. The van der Waals surface area contributed by atoms with Crippen LogP contribution in [0.4, 0.5) is 4.79 Å². The Labute approximate surface area is 127 Å². The van der Waals surface area contributed by atoms with Crippen molar-refractivity contribution in [3.8, 4) is 0 Å². The summed E-state index contributed by atoms with van der Waals surface area (Å²) in [6, 6.07) is 0.146. The van der Waals surface area contributed by atoms with Gasteiger partial charge < -0.3 is 20.2 Å². The number of hydrogen-bond acceptors (Lipinski definition) is 3. The van der Waals surface area contributed by atoms with Crippen molar-refractivity contribution >= 4 is 12.0 Å². The van der Waals surface area contributed by atoms with Crippen molar-refractivity contribution < 1.29 is 14.7 Å². The molecule has 1 aliphatic rings. The number of aliphatic carboxylic acids is 1. The van der Waals surface area contributed by atoms with Crippen LogP contribution in [0.25, 0.3) is 0 Å². The Morgan fingerprint density at radius 2 is 2.14 bits per heavy atom. The first kappa shape index (κ1) is 17.8. The lowest BCUT2D eigenvalue weighted by molar-refractivity contribution is -0.137. The summed E-state index contributed by atoms with van der Waals surface area (Å²) in [5.41, 5.74) is 0. The van der Waals surface area contributed by atoms with Gasteiger partial charge in [0.1, 0.15) is 0 Å². The van der Waals surface area contributed by atoms with Crippen LogP contribution in [0, 0.1) is 5.92 Å². The normalized spacial score (nSPS) is 18.9. The van der Waals surface area contributed by atoms with Gasteiger partial charge in [0.15, 0.2) is 0 Å². The van der Waals surface area contributed by atoms with Crippen molar-refractivity contribution in [2.45, 2.75) is 45.6 Å². The second-order valence-electron chi connectivity index (χ2n) is 6.08. The largest absolute Gasteiger partial charge is 0.481 e. The molecule has 2 amide bonds. The molecule has 0 spiro atoms. The minimum absolute atomic E-state index is 0.0520. The molecule has 6 nitrogen and oxygen atoms in total. The summed E-state index contributed by atoms with van der Waals surface area (Å²) < 4.78 is 0. The van der Waals surface area contributed by atoms with E-state index < -0.39 is 5.97 Å². The molecule has 1 rings (SSSR count). The average Bonchev–Trinajstić information content (AvgIpc) is 2.43. The average molecular weight is 299 g/mol. The molecule has 0 aromatic carbocycles. The molecule has 122 valence electrons. The molecule has 1 heterocycles. The quantitative estimate of drug-likeness (QED) is 0.749. The molecule has 0 aromatic rings. The maximum absolute atomic E-state index is 12.6. The molecule has 0 bridgehead atoms. The van der Waals surface area contributed by atoms with Crippen molar-refractivity contribution in [1.82, 2.24) is 15.1 Å². The molecule has 6 heteroatoms. The first-order valence-electron chi connectivity index (χ1n) is 7.87. The highest BCUT2D eigenvalue weighted by Gasteiger charge is 2.27. The Morgan fingerprint density at radius 1 is 1.43 bits per heavy atom. The SMILES string of the molecule is CNCC1CCCN(C(=O)N(CCCC(=O)O)C(C)C)C1. The number of carbonyl (C=O) groups excluding carboxylic acids is 1. The summed E-state index contributed by atoms with van der Waals surface area (Å²) in [6.45, 7) is 7.00. The highest BCUT2D eigenvalue weighted by Crippen LogP contribution is 2.18. The van der Waals surface area contributed by atoms with E-state index in [1.165, 1.54) is 0 Å². The molecule has 0 aliphatic carbocycles. The van der Waals surface area contributed by atoms with E-state index in [9.17, 15) is 9.59 Å². The summed E-state index contributed by atoms with van der Waals surface area (Å²) in [7, 11) is 1.94. The zero-order valence-electron chi connectivity index (χ0n) is 13.5. The van der Waals surface area contributed by atoms with Crippen LogP contribution in [-0.2, 0) is 4.79 Å². The molecule has 0 saturated carbocycles. The van der Waals surface area contributed by atoms with Crippen molar-refractivity contribution in [2.75, 3.05) is 33.2 Å². The Balaban J connectivity index is 2.56. The number of nitrogens with zero attached hydrogens (tertiary/aromatic N) is 2. The summed E-state index contributed by atoms with van der Waals surface area (Å²) in [5.74, 6) is -0.293. The maximum Gasteiger partial charge on any atom is 0.320 e. The zero-order chi connectivity index (χ0) is 15.8. The highest BCUT2D eigenvalue weighted by molar-refractivity contribution is 5.75. The minimum Gasteiger partial charge on any atom is -0.481 e. The van der Waals surface area contributed by atoms with E-state index in [1.807, 2.05) is 25.8 Å². The van der Waals surface area contributed by atoms with Crippen LogP contribution in [0.1, 0.15) is 39.5 Å². The van der Waals surface area contributed by atoms with Crippen molar-refractivity contribution in [3.63, 3.8) is 0 Å². The van der Waals surface area contributed by atoms with Gasteiger partial charge >= 0.3 is 12.0 Å². The fourth-order valence-electron chi connectivity index (χ4n) is 2.85. The van der Waals surface area contributed by atoms with Gasteiger partial charge in [0.25, 0.3) is 0 Å². The number of nitrogens with one attached hydrogen (secondary N) is 1. The number of amides is 2. The molecular weight excluding hydrogens is 270 g/mol. The molecule has 1 fully saturated rings. The number of carboxylic acid groups (broad SMARTS) is 1. The monoisotopic (exact) mass is 299 g/mol. The van der Waals surface area contributed by atoms with E-state index >= 15 is 0 Å². The fraction of sp³-hybridized carbons (Fsp3) is 0.867. The van der Waals surface area contributed by atoms with Crippen LogP contribution in [-0.4, -0.2) is 66.2 Å². The smallest absolute Gasteiger partial charge is 0.320 e. The third kappa shape index (κ3) is 5.91. The van der Waals surface area contributed by atoms with E-state index in [-0.39, 0.29) is 18.5 Å². The van der Waals surface area contributed by atoms with Gasteiger partial charge in [-0.1, -0.05) is 0 Å². The van der Waals surface area contributed by atoms with Gasteiger partial charge in [0, 0.05) is 32.1 Å². The number of urea groups is 1.